The Morgan fingerprint density at radius 3 is 2.09 bits per heavy atom. The first-order valence-corrected chi connectivity index (χ1v) is 10.6. The Bertz CT molecular complexity index is 1400. The van der Waals surface area contributed by atoms with Crippen LogP contribution in [0.3, 0.4) is 0 Å². The zero-order valence-electron chi connectivity index (χ0n) is 17.2. The lowest BCUT2D eigenvalue weighted by Crippen LogP contribution is -2.26. The van der Waals surface area contributed by atoms with Gasteiger partial charge in [0.15, 0.2) is 0 Å². The topological polar surface area (TPSA) is 71.3 Å². The molecule has 0 spiro atoms. The highest BCUT2D eigenvalue weighted by Gasteiger charge is 2.42. The van der Waals surface area contributed by atoms with E-state index in [9.17, 15) is 27.9 Å². The van der Waals surface area contributed by atoms with Crippen LogP contribution in [0.15, 0.2) is 66.7 Å². The van der Waals surface area contributed by atoms with Crippen molar-refractivity contribution in [2.24, 2.45) is 0 Å². The van der Waals surface area contributed by atoms with E-state index in [0.29, 0.717) is 15.6 Å². The van der Waals surface area contributed by atoms with Gasteiger partial charge in [-0.25, -0.2) is 0 Å². The average molecular weight is 507 g/mol. The van der Waals surface area contributed by atoms with Gasteiger partial charge in [0.05, 0.1) is 5.56 Å². The number of Topliss-reactive ketones (excluding diaryl/α,β-unsaturated/α-hetero) is 1. The molecule has 0 aliphatic carbocycles. The van der Waals surface area contributed by atoms with Gasteiger partial charge in [0, 0.05) is 33.2 Å². The van der Waals surface area contributed by atoms with Crippen LogP contribution in [0.2, 0.25) is 10.0 Å². The molecule has 3 aromatic carbocycles. The molecule has 0 unspecified atom stereocenters. The van der Waals surface area contributed by atoms with Crippen LogP contribution in [0.4, 0.5) is 18.9 Å². The number of hydrogen-bond donors (Lipinski definition) is 2. The van der Waals surface area contributed by atoms with Gasteiger partial charge < -0.3 is 15.0 Å². The van der Waals surface area contributed by atoms with Crippen LogP contribution in [-0.4, -0.2) is 21.4 Å². The Kier molecular flexibility index (Phi) is 6.29. The summed E-state index contributed by atoms with van der Waals surface area (Å²) < 4.78 is 43.8. The first-order chi connectivity index (χ1) is 16.0. The lowest BCUT2D eigenvalue weighted by Gasteiger charge is -2.15. The van der Waals surface area contributed by atoms with Gasteiger partial charge in [-0.2, -0.15) is 13.2 Å². The summed E-state index contributed by atoms with van der Waals surface area (Å²) in [5, 5.41) is 12.8. The number of anilines is 1. The van der Waals surface area contributed by atoms with Crippen molar-refractivity contribution >= 4 is 51.5 Å². The smallest absolute Gasteiger partial charge is 0.432 e. The van der Waals surface area contributed by atoms with Crippen molar-refractivity contribution in [1.82, 2.24) is 4.57 Å². The van der Waals surface area contributed by atoms with Crippen molar-refractivity contribution in [2.45, 2.75) is 12.7 Å². The quantitative estimate of drug-likeness (QED) is 0.238. The molecule has 0 bridgehead atoms. The number of fused-ring (bicyclic) bond motifs is 1. The summed E-state index contributed by atoms with van der Waals surface area (Å²) in [7, 11) is 0. The van der Waals surface area contributed by atoms with E-state index in [1.807, 2.05) is 0 Å². The molecule has 0 radical (unpaired) electrons. The summed E-state index contributed by atoms with van der Waals surface area (Å²) in [6.07, 6.45) is -4.98. The van der Waals surface area contributed by atoms with Crippen LogP contribution in [0, 0.1) is 0 Å². The number of hydrogen-bond acceptors (Lipinski definition) is 3. The number of carbonyl (C=O) groups excluding carboxylic acids is 2. The fourth-order valence-electron chi connectivity index (χ4n) is 3.64. The lowest BCUT2D eigenvalue weighted by atomic mass is 10.0. The molecule has 1 amide bonds. The number of amides is 1. The molecule has 4 aromatic rings. The maximum atomic E-state index is 14.3. The van der Waals surface area contributed by atoms with Crippen LogP contribution in [0.5, 0.6) is 5.75 Å². The molecule has 4 rings (SSSR count). The van der Waals surface area contributed by atoms with Crippen LogP contribution in [0.25, 0.3) is 10.9 Å². The largest absolute Gasteiger partial charge is 0.508 e. The fourth-order valence-corrected chi connectivity index (χ4v) is 3.89. The number of aromatic hydroxyl groups is 1. The second kappa shape index (κ2) is 9.04. The first-order valence-electron chi connectivity index (χ1n) is 9.82. The Balaban J connectivity index is 1.86. The number of phenols is 1. The van der Waals surface area contributed by atoms with Gasteiger partial charge in [-0.1, -0.05) is 35.3 Å². The zero-order valence-corrected chi connectivity index (χ0v) is 18.7. The molecule has 0 atom stereocenters. The molecular formula is C24H15Cl2F3N2O3. The van der Waals surface area contributed by atoms with E-state index in [4.69, 9.17) is 23.2 Å². The molecule has 5 nitrogen and oxygen atoms in total. The highest BCUT2D eigenvalue weighted by atomic mass is 35.5. The lowest BCUT2D eigenvalue weighted by molar-refractivity contribution is -0.143. The number of benzene rings is 3. The van der Waals surface area contributed by atoms with Crippen molar-refractivity contribution in [3.05, 3.63) is 93.6 Å². The number of nitrogens with zero attached hydrogens (tertiary/aromatic N) is 1. The second-order valence-electron chi connectivity index (χ2n) is 7.43. The van der Waals surface area contributed by atoms with E-state index in [1.54, 1.807) is 12.1 Å². The molecule has 174 valence electrons. The minimum atomic E-state index is -4.98. The predicted octanol–water partition coefficient (Wildman–Crippen LogP) is 6.54. The Morgan fingerprint density at radius 1 is 0.912 bits per heavy atom. The maximum Gasteiger partial charge on any atom is 0.432 e. The summed E-state index contributed by atoms with van der Waals surface area (Å²) in [5.74, 6) is -3.01. The monoisotopic (exact) mass is 506 g/mol. The van der Waals surface area contributed by atoms with Crippen molar-refractivity contribution in [3.8, 4) is 5.75 Å². The molecule has 34 heavy (non-hydrogen) atoms. The molecule has 1 aromatic heterocycles. The van der Waals surface area contributed by atoms with Gasteiger partial charge >= 0.3 is 6.18 Å². The van der Waals surface area contributed by atoms with E-state index >= 15 is 0 Å². The van der Waals surface area contributed by atoms with Crippen LogP contribution < -0.4 is 5.32 Å². The summed E-state index contributed by atoms with van der Waals surface area (Å²) >= 11 is 11.7. The molecule has 0 saturated carbocycles. The number of halogens is 5. The fraction of sp³-hybridized carbons (Fsp3) is 0.0833. The van der Waals surface area contributed by atoms with E-state index < -0.39 is 29.1 Å². The van der Waals surface area contributed by atoms with Gasteiger partial charge in [0.2, 0.25) is 0 Å². The normalized spacial score (nSPS) is 11.6. The molecule has 0 aliphatic heterocycles. The number of aromatic nitrogens is 1. The number of ketones is 1. The standard InChI is InChI=1S/C24H15Cl2F3N2O3/c25-14-3-1-13(2-4-14)12-31-19-10-9-17(32)11-18(19)20(22(31)24(27,28)29)21(33)23(34)30-16-7-5-15(26)6-8-16/h1-11,32H,12H2,(H,30,34). The van der Waals surface area contributed by atoms with Crippen molar-refractivity contribution in [3.63, 3.8) is 0 Å². The Labute approximate surface area is 201 Å². The van der Waals surface area contributed by atoms with Gasteiger partial charge in [-0.15, -0.1) is 0 Å². The van der Waals surface area contributed by atoms with Gasteiger partial charge in [-0.05, 0) is 60.2 Å². The predicted molar refractivity (Wildman–Crippen MR) is 124 cm³/mol. The van der Waals surface area contributed by atoms with E-state index in [-0.39, 0.29) is 28.9 Å². The molecule has 0 fully saturated rings. The molecule has 2 N–H and O–H groups in total. The van der Waals surface area contributed by atoms with Crippen molar-refractivity contribution in [2.75, 3.05) is 5.32 Å². The van der Waals surface area contributed by atoms with Gasteiger partial charge in [-0.3, -0.25) is 9.59 Å². The highest BCUT2D eigenvalue weighted by molar-refractivity contribution is 6.48. The molecule has 0 aliphatic rings. The van der Waals surface area contributed by atoms with Crippen molar-refractivity contribution in [1.29, 1.82) is 0 Å². The highest BCUT2D eigenvalue weighted by Crippen LogP contribution is 2.40. The van der Waals surface area contributed by atoms with E-state index in [1.165, 1.54) is 48.5 Å². The summed E-state index contributed by atoms with van der Waals surface area (Å²) in [4.78, 5) is 25.7. The minimum Gasteiger partial charge on any atom is -0.508 e. The Hall–Kier alpha value is -3.49. The molecular weight excluding hydrogens is 492 g/mol. The number of nitrogens with one attached hydrogen (secondary N) is 1. The second-order valence-corrected chi connectivity index (χ2v) is 8.30. The third-order valence-electron chi connectivity index (χ3n) is 5.10. The summed E-state index contributed by atoms with van der Waals surface area (Å²) in [6, 6.07) is 15.4. The SMILES string of the molecule is O=C(Nc1ccc(Cl)cc1)C(=O)c1c(C(F)(F)F)n(Cc2ccc(Cl)cc2)c2ccc(O)cc12. The number of carbonyl (C=O) groups is 2. The molecule has 0 saturated heterocycles. The van der Waals surface area contributed by atoms with Crippen LogP contribution >= 0.6 is 23.2 Å². The third kappa shape index (κ3) is 4.73. The Morgan fingerprint density at radius 2 is 1.50 bits per heavy atom. The summed E-state index contributed by atoms with van der Waals surface area (Å²) in [5.41, 5.74) is -1.44. The maximum absolute atomic E-state index is 14.3. The van der Waals surface area contributed by atoms with E-state index in [2.05, 4.69) is 5.32 Å². The zero-order chi connectivity index (χ0) is 24.6. The average Bonchev–Trinajstić information content (AvgIpc) is 3.09. The van der Waals surface area contributed by atoms with Crippen LogP contribution in [0.1, 0.15) is 21.6 Å². The van der Waals surface area contributed by atoms with Gasteiger partial charge in [0.25, 0.3) is 11.7 Å². The molecule has 10 heteroatoms. The van der Waals surface area contributed by atoms with Crippen LogP contribution in [-0.2, 0) is 17.5 Å². The van der Waals surface area contributed by atoms with Crippen molar-refractivity contribution < 1.29 is 27.9 Å². The van der Waals surface area contributed by atoms with Gasteiger partial charge in [0.1, 0.15) is 11.4 Å². The van der Waals surface area contributed by atoms with E-state index in [0.717, 1.165) is 10.6 Å². The number of rotatable bonds is 5. The molecule has 1 heterocycles. The summed E-state index contributed by atoms with van der Waals surface area (Å²) in [6.45, 7) is -0.251. The number of phenolic OH excluding ortho intramolecular Hbond substituents is 1. The first kappa shape index (κ1) is 23.7. The number of alkyl halides is 3. The minimum absolute atomic E-state index is 0.0303. The third-order valence-corrected chi connectivity index (χ3v) is 5.61.